The molecule has 23 heavy (non-hydrogen) atoms. The minimum absolute atomic E-state index is 0.203. The molecule has 0 aromatic heterocycles. The van der Waals surface area contributed by atoms with Gasteiger partial charge in [0, 0.05) is 0 Å². The van der Waals surface area contributed by atoms with Crippen molar-refractivity contribution in [2.75, 3.05) is 20.3 Å². The molecule has 4 heteroatoms. The van der Waals surface area contributed by atoms with E-state index in [2.05, 4.69) is 13.0 Å². The predicted molar refractivity (Wildman–Crippen MR) is 90.7 cm³/mol. The Morgan fingerprint density at radius 3 is 2.61 bits per heavy atom. The van der Waals surface area contributed by atoms with Gasteiger partial charge < -0.3 is 15.2 Å². The van der Waals surface area contributed by atoms with Crippen molar-refractivity contribution in [3.05, 3.63) is 59.4 Å². The van der Waals surface area contributed by atoms with Crippen LogP contribution in [-0.2, 0) is 0 Å². The molecular formula is C19H24FNO2. The lowest BCUT2D eigenvalue weighted by molar-refractivity contribution is 0.287. The molecule has 0 aliphatic rings. The normalized spacial score (nSPS) is 12.0. The highest BCUT2D eigenvalue weighted by molar-refractivity contribution is 5.39. The Hall–Kier alpha value is -2.07. The summed E-state index contributed by atoms with van der Waals surface area (Å²) in [5.41, 5.74) is 8.25. The summed E-state index contributed by atoms with van der Waals surface area (Å²) in [6.07, 6.45) is 1.66. The van der Waals surface area contributed by atoms with Crippen LogP contribution < -0.4 is 15.2 Å². The number of halogens is 1. The van der Waals surface area contributed by atoms with Crippen molar-refractivity contribution < 1.29 is 13.9 Å². The fraction of sp³-hybridized carbons (Fsp3) is 0.368. The van der Waals surface area contributed by atoms with E-state index in [1.54, 1.807) is 25.3 Å². The van der Waals surface area contributed by atoms with E-state index in [0.717, 1.165) is 24.2 Å². The van der Waals surface area contributed by atoms with Crippen molar-refractivity contribution in [2.24, 2.45) is 5.73 Å². The van der Waals surface area contributed by atoms with E-state index in [4.69, 9.17) is 15.2 Å². The van der Waals surface area contributed by atoms with Gasteiger partial charge in [-0.3, -0.25) is 0 Å². The average molecular weight is 317 g/mol. The molecule has 0 radical (unpaired) electrons. The van der Waals surface area contributed by atoms with Crippen molar-refractivity contribution >= 4 is 0 Å². The number of aryl methyl sites for hydroxylation is 1. The smallest absolute Gasteiger partial charge is 0.165 e. The van der Waals surface area contributed by atoms with Gasteiger partial charge in [-0.05, 0) is 56.0 Å². The summed E-state index contributed by atoms with van der Waals surface area (Å²) >= 11 is 0. The highest BCUT2D eigenvalue weighted by Crippen LogP contribution is 2.30. The van der Waals surface area contributed by atoms with Gasteiger partial charge in [0.05, 0.1) is 13.7 Å². The average Bonchev–Trinajstić information content (AvgIpc) is 2.56. The fourth-order valence-corrected chi connectivity index (χ4v) is 2.65. The first kappa shape index (κ1) is 17.3. The molecule has 2 aromatic rings. The van der Waals surface area contributed by atoms with E-state index in [1.165, 1.54) is 11.6 Å². The summed E-state index contributed by atoms with van der Waals surface area (Å²) in [5.74, 6) is 1.03. The van der Waals surface area contributed by atoms with E-state index in [9.17, 15) is 4.39 Å². The van der Waals surface area contributed by atoms with Gasteiger partial charge in [-0.25, -0.2) is 4.39 Å². The molecule has 1 unspecified atom stereocenters. The number of methoxy groups -OCH3 is 1. The number of nitrogens with two attached hydrogens (primary N) is 1. The summed E-state index contributed by atoms with van der Waals surface area (Å²) in [5, 5.41) is 0. The van der Waals surface area contributed by atoms with Crippen LogP contribution in [0, 0.1) is 12.7 Å². The van der Waals surface area contributed by atoms with E-state index in [1.807, 2.05) is 12.1 Å². The molecule has 0 saturated carbocycles. The zero-order valence-corrected chi connectivity index (χ0v) is 13.7. The molecule has 0 saturated heterocycles. The molecule has 0 spiro atoms. The molecule has 124 valence electrons. The number of rotatable bonds is 8. The largest absolute Gasteiger partial charge is 0.496 e. The van der Waals surface area contributed by atoms with Crippen LogP contribution in [0.25, 0.3) is 0 Å². The van der Waals surface area contributed by atoms with Crippen molar-refractivity contribution in [1.29, 1.82) is 0 Å². The third-order valence-electron chi connectivity index (χ3n) is 3.90. The molecule has 1 atom stereocenters. The Kier molecular flexibility index (Phi) is 6.41. The van der Waals surface area contributed by atoms with Crippen LogP contribution in [-0.4, -0.2) is 20.3 Å². The summed E-state index contributed by atoms with van der Waals surface area (Å²) < 4.78 is 24.4. The molecular weight excluding hydrogens is 293 g/mol. The maximum Gasteiger partial charge on any atom is 0.165 e. The van der Waals surface area contributed by atoms with Crippen LogP contribution in [0.2, 0.25) is 0 Å². The number of benzene rings is 2. The number of para-hydroxylation sites is 1. The fourth-order valence-electron chi connectivity index (χ4n) is 2.65. The van der Waals surface area contributed by atoms with Gasteiger partial charge in [0.2, 0.25) is 0 Å². The van der Waals surface area contributed by atoms with Crippen molar-refractivity contribution in [2.45, 2.75) is 25.7 Å². The topological polar surface area (TPSA) is 44.5 Å². The summed E-state index contributed by atoms with van der Waals surface area (Å²) in [4.78, 5) is 0. The second kappa shape index (κ2) is 8.53. The lowest BCUT2D eigenvalue weighted by atomic mass is 9.92. The molecule has 3 nitrogen and oxygen atoms in total. The quantitative estimate of drug-likeness (QED) is 0.747. The lowest BCUT2D eigenvalue weighted by Gasteiger charge is -2.19. The Morgan fingerprint density at radius 2 is 1.91 bits per heavy atom. The maximum absolute atomic E-state index is 13.5. The summed E-state index contributed by atoms with van der Waals surface area (Å²) in [6.45, 7) is 3.06. The van der Waals surface area contributed by atoms with E-state index in [-0.39, 0.29) is 11.7 Å². The molecule has 0 fully saturated rings. The number of ether oxygens (including phenoxy) is 2. The first-order valence-electron chi connectivity index (χ1n) is 7.87. The SMILES string of the molecule is COc1ccc(C)cc1C(CN)CCCOc1ccccc1F. The molecule has 2 rings (SSSR count). The van der Waals surface area contributed by atoms with E-state index < -0.39 is 0 Å². The molecule has 0 aliphatic carbocycles. The Bertz CT molecular complexity index is 631. The zero-order valence-electron chi connectivity index (χ0n) is 13.7. The molecule has 0 amide bonds. The summed E-state index contributed by atoms with van der Waals surface area (Å²) in [6, 6.07) is 12.6. The minimum atomic E-state index is -0.330. The highest BCUT2D eigenvalue weighted by atomic mass is 19.1. The van der Waals surface area contributed by atoms with Crippen LogP contribution in [0.5, 0.6) is 11.5 Å². The van der Waals surface area contributed by atoms with Gasteiger partial charge in [-0.1, -0.05) is 29.8 Å². The van der Waals surface area contributed by atoms with Crippen molar-refractivity contribution in [3.8, 4) is 11.5 Å². The van der Waals surface area contributed by atoms with Gasteiger partial charge in [-0.15, -0.1) is 0 Å². The maximum atomic E-state index is 13.5. The molecule has 2 N–H and O–H groups in total. The standard InChI is InChI=1S/C19H24FNO2/c1-14-9-10-18(22-2)16(12-14)15(13-21)6-5-11-23-19-8-4-3-7-17(19)20/h3-4,7-10,12,15H,5-6,11,13,21H2,1-2H3. The third kappa shape index (κ3) is 4.70. The predicted octanol–water partition coefficient (Wildman–Crippen LogP) is 4.04. The van der Waals surface area contributed by atoms with E-state index >= 15 is 0 Å². The molecule has 0 heterocycles. The third-order valence-corrected chi connectivity index (χ3v) is 3.90. The van der Waals surface area contributed by atoms with Crippen LogP contribution >= 0.6 is 0 Å². The number of hydrogen-bond donors (Lipinski definition) is 1. The Morgan fingerprint density at radius 1 is 1.13 bits per heavy atom. The second-order valence-electron chi connectivity index (χ2n) is 5.60. The molecule has 2 aromatic carbocycles. The first-order chi connectivity index (χ1) is 11.2. The van der Waals surface area contributed by atoms with Crippen LogP contribution in [0.1, 0.15) is 29.9 Å². The first-order valence-corrected chi connectivity index (χ1v) is 7.87. The lowest BCUT2D eigenvalue weighted by Crippen LogP contribution is -2.15. The van der Waals surface area contributed by atoms with Gasteiger partial charge in [0.1, 0.15) is 5.75 Å². The second-order valence-corrected chi connectivity index (χ2v) is 5.60. The Labute approximate surface area is 137 Å². The summed E-state index contributed by atoms with van der Waals surface area (Å²) in [7, 11) is 1.67. The van der Waals surface area contributed by atoms with Gasteiger partial charge >= 0.3 is 0 Å². The van der Waals surface area contributed by atoms with E-state index in [0.29, 0.717) is 18.9 Å². The highest BCUT2D eigenvalue weighted by Gasteiger charge is 2.15. The van der Waals surface area contributed by atoms with Crippen molar-refractivity contribution in [1.82, 2.24) is 0 Å². The number of hydrogen-bond acceptors (Lipinski definition) is 3. The van der Waals surface area contributed by atoms with Gasteiger partial charge in [0.25, 0.3) is 0 Å². The molecule has 0 aliphatic heterocycles. The van der Waals surface area contributed by atoms with Crippen molar-refractivity contribution in [3.63, 3.8) is 0 Å². The van der Waals surface area contributed by atoms with Gasteiger partial charge in [0.15, 0.2) is 11.6 Å². The molecule has 0 bridgehead atoms. The monoisotopic (exact) mass is 317 g/mol. The van der Waals surface area contributed by atoms with Crippen LogP contribution in [0.4, 0.5) is 4.39 Å². The zero-order chi connectivity index (χ0) is 16.7. The van der Waals surface area contributed by atoms with Crippen LogP contribution in [0.15, 0.2) is 42.5 Å². The minimum Gasteiger partial charge on any atom is -0.496 e. The van der Waals surface area contributed by atoms with Gasteiger partial charge in [-0.2, -0.15) is 0 Å². The van der Waals surface area contributed by atoms with Crippen LogP contribution in [0.3, 0.4) is 0 Å². The Balaban J connectivity index is 1.93.